The van der Waals surface area contributed by atoms with Gasteiger partial charge in [-0.2, -0.15) is 0 Å². The molecule has 0 heterocycles. The van der Waals surface area contributed by atoms with Gasteiger partial charge in [0, 0.05) is 16.7 Å². The molecule has 1 rings (SSSR count). The van der Waals surface area contributed by atoms with Crippen LogP contribution in [0.25, 0.3) is 0 Å². The zero-order valence-electron chi connectivity index (χ0n) is 13.7. The largest absolute Gasteiger partial charge is 0.481 e. The van der Waals surface area contributed by atoms with Crippen LogP contribution in [0.3, 0.4) is 0 Å². The Balaban J connectivity index is 2.88. The third-order valence-corrected chi connectivity index (χ3v) is 4.97. The molecule has 5 heteroatoms. The molecule has 0 saturated carbocycles. The van der Waals surface area contributed by atoms with E-state index in [4.69, 9.17) is 0 Å². The standard InChI is InChI=1S/C17H25NO3S/c1-5-17(6-2,16(20)21)11-18-15(19)13-9-7-8-10-14(13)22-12(3)4/h7-10,12H,5-6,11H2,1-4H3,(H,18,19)(H,20,21). The topological polar surface area (TPSA) is 66.4 Å². The van der Waals surface area contributed by atoms with Gasteiger partial charge in [0.25, 0.3) is 5.91 Å². The molecule has 0 aliphatic heterocycles. The Kier molecular flexibility index (Phi) is 6.94. The zero-order chi connectivity index (χ0) is 16.8. The van der Waals surface area contributed by atoms with Crippen molar-refractivity contribution in [1.29, 1.82) is 0 Å². The van der Waals surface area contributed by atoms with Gasteiger partial charge in [0.2, 0.25) is 0 Å². The second kappa shape index (κ2) is 8.22. The molecule has 0 aromatic heterocycles. The molecule has 0 radical (unpaired) electrons. The first-order valence-electron chi connectivity index (χ1n) is 7.63. The quantitative estimate of drug-likeness (QED) is 0.714. The van der Waals surface area contributed by atoms with E-state index in [0.29, 0.717) is 23.7 Å². The van der Waals surface area contributed by atoms with Crippen LogP contribution in [-0.4, -0.2) is 28.8 Å². The summed E-state index contributed by atoms with van der Waals surface area (Å²) in [4.78, 5) is 24.8. The fourth-order valence-corrected chi connectivity index (χ4v) is 3.19. The summed E-state index contributed by atoms with van der Waals surface area (Å²) >= 11 is 1.63. The van der Waals surface area contributed by atoms with Gasteiger partial charge in [-0.3, -0.25) is 9.59 Å². The van der Waals surface area contributed by atoms with Gasteiger partial charge in [-0.15, -0.1) is 11.8 Å². The summed E-state index contributed by atoms with van der Waals surface area (Å²) in [5.74, 6) is -1.07. The van der Waals surface area contributed by atoms with Gasteiger partial charge in [0.15, 0.2) is 0 Å². The number of benzene rings is 1. The molecule has 0 bridgehead atoms. The number of aliphatic carboxylic acids is 1. The van der Waals surface area contributed by atoms with Crippen LogP contribution in [0.4, 0.5) is 0 Å². The fourth-order valence-electron chi connectivity index (χ4n) is 2.23. The van der Waals surface area contributed by atoms with Gasteiger partial charge in [-0.05, 0) is 25.0 Å². The van der Waals surface area contributed by atoms with Crippen molar-refractivity contribution >= 4 is 23.6 Å². The molecule has 0 aliphatic rings. The van der Waals surface area contributed by atoms with Crippen molar-refractivity contribution in [3.63, 3.8) is 0 Å². The number of hydrogen-bond donors (Lipinski definition) is 2. The van der Waals surface area contributed by atoms with Gasteiger partial charge in [-0.1, -0.05) is 39.8 Å². The van der Waals surface area contributed by atoms with E-state index in [1.165, 1.54) is 0 Å². The summed E-state index contributed by atoms with van der Waals surface area (Å²) in [6.45, 7) is 7.97. The third-order valence-electron chi connectivity index (χ3n) is 3.89. The molecule has 2 N–H and O–H groups in total. The van der Waals surface area contributed by atoms with Crippen LogP contribution in [0, 0.1) is 5.41 Å². The normalized spacial score (nSPS) is 11.5. The number of nitrogens with one attached hydrogen (secondary N) is 1. The number of carboxylic acid groups (broad SMARTS) is 1. The first-order chi connectivity index (χ1) is 10.4. The lowest BCUT2D eigenvalue weighted by Gasteiger charge is -2.27. The number of hydrogen-bond acceptors (Lipinski definition) is 3. The Labute approximate surface area is 136 Å². The number of carboxylic acids is 1. The Hall–Kier alpha value is -1.49. The van der Waals surface area contributed by atoms with Gasteiger partial charge < -0.3 is 10.4 Å². The molecule has 22 heavy (non-hydrogen) atoms. The first kappa shape index (κ1) is 18.6. The average molecular weight is 323 g/mol. The summed E-state index contributed by atoms with van der Waals surface area (Å²) in [6.07, 6.45) is 0.975. The maximum Gasteiger partial charge on any atom is 0.311 e. The zero-order valence-corrected chi connectivity index (χ0v) is 14.5. The molecule has 1 aromatic rings. The minimum atomic E-state index is -0.893. The van der Waals surface area contributed by atoms with Gasteiger partial charge in [-0.25, -0.2) is 0 Å². The SMILES string of the molecule is CCC(CC)(CNC(=O)c1ccccc1SC(C)C)C(=O)O. The lowest BCUT2D eigenvalue weighted by atomic mass is 9.82. The van der Waals surface area contributed by atoms with Crippen molar-refractivity contribution in [2.45, 2.75) is 50.7 Å². The molecule has 0 atom stereocenters. The van der Waals surface area contributed by atoms with E-state index in [-0.39, 0.29) is 12.5 Å². The van der Waals surface area contributed by atoms with E-state index >= 15 is 0 Å². The van der Waals surface area contributed by atoms with Crippen LogP contribution < -0.4 is 5.32 Å². The average Bonchev–Trinajstić information content (AvgIpc) is 2.48. The van der Waals surface area contributed by atoms with Crippen LogP contribution in [0.5, 0.6) is 0 Å². The van der Waals surface area contributed by atoms with Crippen molar-refractivity contribution in [2.24, 2.45) is 5.41 Å². The van der Waals surface area contributed by atoms with E-state index < -0.39 is 11.4 Å². The lowest BCUT2D eigenvalue weighted by Crippen LogP contribution is -2.42. The molecule has 0 aliphatic carbocycles. The van der Waals surface area contributed by atoms with Crippen molar-refractivity contribution < 1.29 is 14.7 Å². The van der Waals surface area contributed by atoms with E-state index in [0.717, 1.165) is 4.90 Å². The Morgan fingerprint density at radius 3 is 2.32 bits per heavy atom. The van der Waals surface area contributed by atoms with Crippen LogP contribution in [0.1, 0.15) is 50.9 Å². The highest BCUT2D eigenvalue weighted by atomic mass is 32.2. The highest BCUT2D eigenvalue weighted by Gasteiger charge is 2.35. The van der Waals surface area contributed by atoms with Crippen molar-refractivity contribution in [2.75, 3.05) is 6.54 Å². The summed E-state index contributed by atoms with van der Waals surface area (Å²) in [5, 5.41) is 12.6. The van der Waals surface area contributed by atoms with Crippen molar-refractivity contribution in [3.05, 3.63) is 29.8 Å². The molecule has 0 saturated heterocycles. The summed E-state index contributed by atoms with van der Waals surface area (Å²) < 4.78 is 0. The molecule has 1 amide bonds. The van der Waals surface area contributed by atoms with E-state index in [9.17, 15) is 14.7 Å². The number of amides is 1. The maximum atomic E-state index is 12.4. The van der Waals surface area contributed by atoms with Gasteiger partial charge in [0.1, 0.15) is 0 Å². The third kappa shape index (κ3) is 4.50. The molecule has 0 spiro atoms. The number of thioether (sulfide) groups is 1. The minimum Gasteiger partial charge on any atom is -0.481 e. The molecular weight excluding hydrogens is 298 g/mol. The summed E-state index contributed by atoms with van der Waals surface area (Å²) in [6, 6.07) is 7.43. The smallest absolute Gasteiger partial charge is 0.311 e. The van der Waals surface area contributed by atoms with Crippen LogP contribution in [-0.2, 0) is 4.79 Å². The van der Waals surface area contributed by atoms with Gasteiger partial charge in [0.05, 0.1) is 11.0 Å². The van der Waals surface area contributed by atoms with Crippen molar-refractivity contribution in [1.82, 2.24) is 5.32 Å². The molecule has 0 unspecified atom stereocenters. The first-order valence-corrected chi connectivity index (χ1v) is 8.51. The molecule has 4 nitrogen and oxygen atoms in total. The maximum absolute atomic E-state index is 12.4. The molecule has 122 valence electrons. The van der Waals surface area contributed by atoms with Crippen LogP contribution in [0.2, 0.25) is 0 Å². The fraction of sp³-hybridized carbons (Fsp3) is 0.529. The number of carbonyl (C=O) groups is 2. The molecule has 1 aromatic carbocycles. The summed E-state index contributed by atoms with van der Waals surface area (Å²) in [7, 11) is 0. The van der Waals surface area contributed by atoms with Gasteiger partial charge >= 0.3 is 5.97 Å². The van der Waals surface area contributed by atoms with Crippen LogP contribution in [0.15, 0.2) is 29.2 Å². The Morgan fingerprint density at radius 1 is 1.23 bits per heavy atom. The second-order valence-corrected chi connectivity index (χ2v) is 7.26. The number of carbonyl (C=O) groups excluding carboxylic acids is 1. The molecule has 0 fully saturated rings. The van der Waals surface area contributed by atoms with E-state index in [1.807, 2.05) is 32.0 Å². The van der Waals surface area contributed by atoms with Crippen LogP contribution >= 0.6 is 11.8 Å². The summed E-state index contributed by atoms with van der Waals surface area (Å²) in [5.41, 5.74) is -0.289. The molecular formula is C17H25NO3S. The van der Waals surface area contributed by atoms with Crippen molar-refractivity contribution in [3.8, 4) is 0 Å². The lowest BCUT2D eigenvalue weighted by molar-refractivity contribution is -0.149. The highest BCUT2D eigenvalue weighted by molar-refractivity contribution is 8.00. The second-order valence-electron chi connectivity index (χ2n) is 5.64. The predicted molar refractivity (Wildman–Crippen MR) is 90.4 cm³/mol. The predicted octanol–water partition coefficient (Wildman–Crippen LogP) is 3.81. The van der Waals surface area contributed by atoms with E-state index in [1.54, 1.807) is 17.8 Å². The Morgan fingerprint density at radius 2 is 1.82 bits per heavy atom. The highest BCUT2D eigenvalue weighted by Crippen LogP contribution is 2.28. The minimum absolute atomic E-state index is 0.148. The van der Waals surface area contributed by atoms with E-state index in [2.05, 4.69) is 19.2 Å². The monoisotopic (exact) mass is 323 g/mol. The number of rotatable bonds is 8. The Bertz CT molecular complexity index is 524.